The average molecular weight is 532 g/mol. The second-order valence-corrected chi connectivity index (χ2v) is 11.2. The van der Waals surface area contributed by atoms with E-state index in [-0.39, 0.29) is 11.0 Å². The molecule has 0 radical (unpaired) electrons. The van der Waals surface area contributed by atoms with Gasteiger partial charge in [0.25, 0.3) is 0 Å². The first-order valence-corrected chi connectivity index (χ1v) is 13.3. The van der Waals surface area contributed by atoms with E-state index in [1.807, 2.05) is 84.9 Å². The molecule has 198 valence electrons. The van der Waals surface area contributed by atoms with Crippen molar-refractivity contribution in [3.8, 4) is 33.5 Å². The van der Waals surface area contributed by atoms with Crippen molar-refractivity contribution in [2.45, 2.75) is 32.4 Å². The number of nitrogens with zero attached hydrogens (tertiary/aromatic N) is 1. The van der Waals surface area contributed by atoms with Crippen LogP contribution >= 0.6 is 0 Å². The van der Waals surface area contributed by atoms with Crippen LogP contribution in [0.5, 0.6) is 0 Å². The minimum atomic E-state index is -4.56. The molecule has 5 aromatic carbocycles. The molecule has 0 aliphatic carbocycles. The van der Waals surface area contributed by atoms with Crippen LogP contribution in [0.25, 0.3) is 55.1 Å². The molecule has 0 unspecified atom stereocenters. The van der Waals surface area contributed by atoms with Gasteiger partial charge in [0.1, 0.15) is 0 Å². The predicted octanol–water partition coefficient (Wildman–Crippen LogP) is 10.7. The third kappa shape index (κ3) is 4.64. The number of halogens is 3. The molecule has 0 bridgehead atoms. The van der Waals surface area contributed by atoms with Crippen LogP contribution in [-0.2, 0) is 11.6 Å². The van der Waals surface area contributed by atoms with Gasteiger partial charge >= 0.3 is 6.18 Å². The minimum Gasteiger partial charge on any atom is -0.256 e. The van der Waals surface area contributed by atoms with E-state index in [1.54, 1.807) is 12.1 Å². The number of hydrogen-bond acceptors (Lipinski definition) is 1. The maximum atomic E-state index is 14.4. The van der Waals surface area contributed by atoms with Gasteiger partial charge in [-0.3, -0.25) is 4.98 Å². The standard InChI is InChI=1S/C36H28F3N/c1-35(2,3)32-20-25(19-24-13-7-8-14-27(24)32)34-21-31(33(22-40-34)36(37,38)39)30-18-17-26(23-11-5-4-6-12-23)28-15-9-10-16-29(28)30/h4-22H,1-3H3. The van der Waals surface area contributed by atoms with Gasteiger partial charge in [0.15, 0.2) is 0 Å². The lowest BCUT2D eigenvalue weighted by Crippen LogP contribution is -2.12. The number of pyridine rings is 1. The fourth-order valence-electron chi connectivity index (χ4n) is 5.54. The molecule has 1 aromatic heterocycles. The summed E-state index contributed by atoms with van der Waals surface area (Å²) in [6.45, 7) is 6.43. The summed E-state index contributed by atoms with van der Waals surface area (Å²) in [5, 5.41) is 3.83. The molecule has 0 spiro atoms. The van der Waals surface area contributed by atoms with Crippen molar-refractivity contribution in [2.24, 2.45) is 0 Å². The molecule has 40 heavy (non-hydrogen) atoms. The zero-order chi connectivity index (χ0) is 28.1. The van der Waals surface area contributed by atoms with E-state index in [0.29, 0.717) is 11.3 Å². The minimum absolute atomic E-state index is 0.124. The molecule has 0 fully saturated rings. The first-order valence-electron chi connectivity index (χ1n) is 13.3. The SMILES string of the molecule is CC(C)(C)c1cc(-c2cc(-c3ccc(-c4ccccc4)c4ccccc34)c(C(F)(F)F)cn2)cc2ccccc12. The monoisotopic (exact) mass is 531 g/mol. The van der Waals surface area contributed by atoms with Crippen LogP contribution in [0, 0.1) is 0 Å². The van der Waals surface area contributed by atoms with Gasteiger partial charge in [-0.1, -0.05) is 112 Å². The van der Waals surface area contributed by atoms with E-state index in [2.05, 4.69) is 37.9 Å². The highest BCUT2D eigenvalue weighted by Gasteiger charge is 2.35. The first kappa shape index (κ1) is 25.8. The third-order valence-corrected chi connectivity index (χ3v) is 7.47. The quantitative estimate of drug-likeness (QED) is 0.221. The van der Waals surface area contributed by atoms with E-state index < -0.39 is 11.7 Å². The number of fused-ring (bicyclic) bond motifs is 2. The maximum absolute atomic E-state index is 14.4. The summed E-state index contributed by atoms with van der Waals surface area (Å²) in [4.78, 5) is 4.36. The molecule has 6 rings (SSSR count). The highest BCUT2D eigenvalue weighted by molar-refractivity contribution is 6.05. The molecular weight excluding hydrogens is 503 g/mol. The van der Waals surface area contributed by atoms with Gasteiger partial charge in [-0.15, -0.1) is 0 Å². The summed E-state index contributed by atoms with van der Waals surface area (Å²) in [6, 6.07) is 35.1. The Hall–Kier alpha value is -4.44. The van der Waals surface area contributed by atoms with Crippen LogP contribution < -0.4 is 0 Å². The van der Waals surface area contributed by atoms with Gasteiger partial charge in [-0.2, -0.15) is 13.2 Å². The van der Waals surface area contributed by atoms with Crippen molar-refractivity contribution >= 4 is 21.5 Å². The Morgan fingerprint density at radius 2 is 1.12 bits per heavy atom. The van der Waals surface area contributed by atoms with E-state index in [1.165, 1.54) is 0 Å². The lowest BCUT2D eigenvalue weighted by Gasteiger charge is -2.23. The lowest BCUT2D eigenvalue weighted by atomic mass is 9.82. The molecule has 0 saturated heterocycles. The topological polar surface area (TPSA) is 12.9 Å². The molecule has 1 heterocycles. The predicted molar refractivity (Wildman–Crippen MR) is 159 cm³/mol. The van der Waals surface area contributed by atoms with Crippen LogP contribution in [0.1, 0.15) is 31.9 Å². The van der Waals surface area contributed by atoms with Crippen LogP contribution in [0.15, 0.2) is 115 Å². The molecule has 0 aliphatic rings. The fourth-order valence-corrected chi connectivity index (χ4v) is 5.54. The van der Waals surface area contributed by atoms with Crippen LogP contribution in [0.4, 0.5) is 13.2 Å². The smallest absolute Gasteiger partial charge is 0.256 e. The second kappa shape index (κ2) is 9.63. The molecule has 0 saturated carbocycles. The zero-order valence-electron chi connectivity index (χ0n) is 22.6. The molecule has 1 nitrogen and oxygen atoms in total. The maximum Gasteiger partial charge on any atom is 0.418 e. The Morgan fingerprint density at radius 1 is 0.525 bits per heavy atom. The molecular formula is C36H28F3N. The van der Waals surface area contributed by atoms with Crippen LogP contribution in [0.2, 0.25) is 0 Å². The molecule has 6 aromatic rings. The Morgan fingerprint density at radius 3 is 1.80 bits per heavy atom. The second-order valence-electron chi connectivity index (χ2n) is 11.2. The summed E-state index contributed by atoms with van der Waals surface area (Å²) in [5.74, 6) is 0. The number of alkyl halides is 3. The summed E-state index contributed by atoms with van der Waals surface area (Å²) in [7, 11) is 0. The summed E-state index contributed by atoms with van der Waals surface area (Å²) >= 11 is 0. The zero-order valence-corrected chi connectivity index (χ0v) is 22.6. The van der Waals surface area contributed by atoms with E-state index in [9.17, 15) is 13.2 Å². The number of benzene rings is 5. The summed E-state index contributed by atoms with van der Waals surface area (Å²) < 4.78 is 43.2. The fraction of sp³-hybridized carbons (Fsp3) is 0.139. The van der Waals surface area contributed by atoms with Gasteiger partial charge in [-0.25, -0.2) is 0 Å². The molecule has 4 heteroatoms. The highest BCUT2D eigenvalue weighted by Crippen LogP contribution is 2.43. The Labute approximate surface area is 232 Å². The number of aromatic nitrogens is 1. The molecule has 0 amide bonds. The molecule has 0 N–H and O–H groups in total. The van der Waals surface area contributed by atoms with Crippen molar-refractivity contribution in [1.29, 1.82) is 0 Å². The Kier molecular flexibility index (Phi) is 6.22. The van der Waals surface area contributed by atoms with Crippen molar-refractivity contribution in [1.82, 2.24) is 4.98 Å². The van der Waals surface area contributed by atoms with Crippen molar-refractivity contribution in [2.75, 3.05) is 0 Å². The number of hydrogen-bond donors (Lipinski definition) is 0. The summed E-state index contributed by atoms with van der Waals surface area (Å²) in [6.07, 6.45) is -3.57. The first-order chi connectivity index (χ1) is 19.1. The van der Waals surface area contributed by atoms with E-state index in [0.717, 1.165) is 50.0 Å². The average Bonchev–Trinajstić information content (AvgIpc) is 2.95. The van der Waals surface area contributed by atoms with Gasteiger partial charge in [0, 0.05) is 11.8 Å². The van der Waals surface area contributed by atoms with Gasteiger partial charge in [0.2, 0.25) is 0 Å². The van der Waals surface area contributed by atoms with Crippen LogP contribution in [0.3, 0.4) is 0 Å². The molecule has 0 aliphatic heterocycles. The van der Waals surface area contributed by atoms with Crippen molar-refractivity contribution in [3.05, 3.63) is 127 Å². The van der Waals surface area contributed by atoms with Gasteiger partial charge in [0.05, 0.1) is 11.3 Å². The normalized spacial score (nSPS) is 12.2. The lowest BCUT2D eigenvalue weighted by molar-refractivity contribution is -0.137. The Balaban J connectivity index is 1.61. The van der Waals surface area contributed by atoms with E-state index in [4.69, 9.17) is 0 Å². The Bertz CT molecular complexity index is 1860. The third-order valence-electron chi connectivity index (χ3n) is 7.47. The van der Waals surface area contributed by atoms with Crippen molar-refractivity contribution < 1.29 is 13.2 Å². The van der Waals surface area contributed by atoms with Crippen molar-refractivity contribution in [3.63, 3.8) is 0 Å². The number of rotatable bonds is 3. The summed E-state index contributed by atoms with van der Waals surface area (Å²) in [5.41, 5.74) is 4.18. The van der Waals surface area contributed by atoms with Gasteiger partial charge in [-0.05, 0) is 73.0 Å². The van der Waals surface area contributed by atoms with Crippen LogP contribution in [-0.4, -0.2) is 4.98 Å². The van der Waals surface area contributed by atoms with Gasteiger partial charge < -0.3 is 0 Å². The molecule has 0 atom stereocenters. The highest BCUT2D eigenvalue weighted by atomic mass is 19.4. The van der Waals surface area contributed by atoms with E-state index >= 15 is 0 Å². The largest absolute Gasteiger partial charge is 0.418 e.